The van der Waals surface area contributed by atoms with Crippen molar-refractivity contribution in [2.24, 2.45) is 0 Å². The van der Waals surface area contributed by atoms with Crippen LogP contribution in [-0.2, 0) is 15.3 Å². The molecule has 1 atom stereocenters. The first-order valence-electron chi connectivity index (χ1n) is 6.35. The molecule has 19 heavy (non-hydrogen) atoms. The van der Waals surface area contributed by atoms with Gasteiger partial charge in [0.05, 0.1) is 0 Å². The lowest BCUT2D eigenvalue weighted by molar-refractivity contribution is -0.131. The molecule has 0 saturated carbocycles. The normalized spacial score (nSPS) is 12.2. The summed E-state index contributed by atoms with van der Waals surface area (Å²) < 4.78 is 18.5. The van der Waals surface area contributed by atoms with Crippen molar-refractivity contribution in [1.29, 1.82) is 0 Å². The summed E-state index contributed by atoms with van der Waals surface area (Å²) in [6.45, 7) is 4.67. The molecule has 0 fully saturated rings. The van der Waals surface area contributed by atoms with E-state index in [0.29, 0.717) is 24.5 Å². The number of thioether (sulfide) groups is 1. The molecule has 0 heterocycles. The molecule has 0 spiro atoms. The second kappa shape index (κ2) is 8.93. The molecule has 0 aromatic heterocycles. The van der Waals surface area contributed by atoms with Crippen LogP contribution in [0, 0.1) is 5.82 Å². The summed E-state index contributed by atoms with van der Waals surface area (Å²) in [4.78, 5) is 11.5. The zero-order valence-electron chi connectivity index (χ0n) is 11.3. The van der Waals surface area contributed by atoms with Crippen molar-refractivity contribution in [2.45, 2.75) is 25.7 Å². The van der Waals surface area contributed by atoms with Gasteiger partial charge < -0.3 is 10.1 Å². The Morgan fingerprint density at radius 2 is 2.21 bits per heavy atom. The maximum atomic E-state index is 13.3. The van der Waals surface area contributed by atoms with Crippen LogP contribution in [0.5, 0.6) is 0 Å². The van der Waals surface area contributed by atoms with E-state index in [1.807, 2.05) is 13.0 Å². The summed E-state index contributed by atoms with van der Waals surface area (Å²) in [7, 11) is 0. The van der Waals surface area contributed by atoms with E-state index >= 15 is 0 Å². The summed E-state index contributed by atoms with van der Waals surface area (Å²) in [6, 6.07) is 6.74. The number of carbonyl (C=O) groups is 1. The highest BCUT2D eigenvalue weighted by Gasteiger charge is 2.11. The minimum absolute atomic E-state index is 0.103. The Balaban J connectivity index is 2.15. The quantitative estimate of drug-likeness (QED) is 0.746. The van der Waals surface area contributed by atoms with E-state index in [2.05, 4.69) is 5.32 Å². The van der Waals surface area contributed by atoms with Gasteiger partial charge in [-0.25, -0.2) is 4.39 Å². The Labute approximate surface area is 117 Å². The number of hydrogen-bond donors (Lipinski definition) is 1. The van der Waals surface area contributed by atoms with Crippen LogP contribution in [0.15, 0.2) is 24.3 Å². The van der Waals surface area contributed by atoms with E-state index in [-0.39, 0.29) is 11.7 Å². The summed E-state index contributed by atoms with van der Waals surface area (Å²) in [6.07, 6.45) is -0.415. The first-order valence-corrected chi connectivity index (χ1v) is 7.51. The molecule has 1 aromatic carbocycles. The summed E-state index contributed by atoms with van der Waals surface area (Å²) in [5.74, 6) is 1.08. The van der Waals surface area contributed by atoms with Gasteiger partial charge in [-0.1, -0.05) is 18.2 Å². The second-order valence-electron chi connectivity index (χ2n) is 4.03. The van der Waals surface area contributed by atoms with E-state index in [1.165, 1.54) is 6.07 Å². The fraction of sp³-hybridized carbons (Fsp3) is 0.500. The number of hydrogen-bond acceptors (Lipinski definition) is 3. The van der Waals surface area contributed by atoms with E-state index in [4.69, 9.17) is 4.74 Å². The number of nitrogens with one attached hydrogen (secondary N) is 1. The van der Waals surface area contributed by atoms with Crippen LogP contribution in [0.1, 0.15) is 19.4 Å². The molecule has 0 saturated heterocycles. The molecule has 3 nitrogen and oxygen atoms in total. The molecule has 106 valence electrons. The molecule has 5 heteroatoms. The molecule has 0 radical (unpaired) electrons. The summed E-state index contributed by atoms with van der Waals surface area (Å²) >= 11 is 1.59. The lowest BCUT2D eigenvalue weighted by atomic mass is 10.2. The van der Waals surface area contributed by atoms with Crippen LogP contribution < -0.4 is 5.32 Å². The maximum Gasteiger partial charge on any atom is 0.248 e. The Kier molecular flexibility index (Phi) is 7.52. The maximum absolute atomic E-state index is 13.3. The summed E-state index contributed by atoms with van der Waals surface area (Å²) in [5, 5.41) is 2.79. The van der Waals surface area contributed by atoms with Gasteiger partial charge >= 0.3 is 0 Å². The van der Waals surface area contributed by atoms with Crippen molar-refractivity contribution in [3.8, 4) is 0 Å². The number of halogens is 1. The fourth-order valence-electron chi connectivity index (χ4n) is 1.51. The lowest BCUT2D eigenvalue weighted by Crippen LogP contribution is -2.35. The number of benzene rings is 1. The monoisotopic (exact) mass is 285 g/mol. The van der Waals surface area contributed by atoms with Crippen molar-refractivity contribution in [2.75, 3.05) is 18.9 Å². The van der Waals surface area contributed by atoms with Crippen molar-refractivity contribution in [3.05, 3.63) is 35.6 Å². The zero-order chi connectivity index (χ0) is 14.1. The van der Waals surface area contributed by atoms with Gasteiger partial charge in [0, 0.05) is 24.7 Å². The number of rotatable bonds is 8. The minimum Gasteiger partial charge on any atom is -0.369 e. The molecule has 0 aliphatic heterocycles. The zero-order valence-corrected chi connectivity index (χ0v) is 12.1. The van der Waals surface area contributed by atoms with Crippen LogP contribution in [0.3, 0.4) is 0 Å². The van der Waals surface area contributed by atoms with Crippen molar-refractivity contribution >= 4 is 17.7 Å². The first-order chi connectivity index (χ1) is 9.15. The van der Waals surface area contributed by atoms with Gasteiger partial charge in [-0.15, -0.1) is 0 Å². The lowest BCUT2D eigenvalue weighted by Gasteiger charge is -2.11. The fourth-order valence-corrected chi connectivity index (χ4v) is 2.36. The molecule has 0 aliphatic rings. The second-order valence-corrected chi connectivity index (χ2v) is 5.14. The summed E-state index contributed by atoms with van der Waals surface area (Å²) in [5.41, 5.74) is 0.696. The molecule has 1 N–H and O–H groups in total. The molecule has 1 aromatic rings. The van der Waals surface area contributed by atoms with E-state index in [9.17, 15) is 9.18 Å². The highest BCUT2D eigenvalue weighted by molar-refractivity contribution is 7.98. The van der Waals surface area contributed by atoms with Crippen LogP contribution in [-0.4, -0.2) is 30.9 Å². The third-order valence-electron chi connectivity index (χ3n) is 2.55. The standard InChI is InChI=1S/C14H20FNO2S/c1-3-18-11(2)14(17)16-8-9-19-10-12-6-4-5-7-13(12)15/h4-7,11H,3,8-10H2,1-2H3,(H,16,17)/t11-/m0/s1. The largest absolute Gasteiger partial charge is 0.369 e. The molecule has 1 amide bonds. The van der Waals surface area contributed by atoms with Crippen molar-refractivity contribution in [3.63, 3.8) is 0 Å². The molecule has 1 rings (SSSR count). The molecular weight excluding hydrogens is 265 g/mol. The predicted octanol–water partition coefficient (Wildman–Crippen LogP) is 2.60. The van der Waals surface area contributed by atoms with E-state index < -0.39 is 6.10 Å². The molecule has 0 bridgehead atoms. The number of ether oxygens (including phenoxy) is 1. The van der Waals surface area contributed by atoms with Crippen molar-refractivity contribution < 1.29 is 13.9 Å². The van der Waals surface area contributed by atoms with Gasteiger partial charge in [0.2, 0.25) is 5.91 Å². The van der Waals surface area contributed by atoms with Crippen LogP contribution in [0.25, 0.3) is 0 Å². The highest BCUT2D eigenvalue weighted by Crippen LogP contribution is 2.14. The topological polar surface area (TPSA) is 38.3 Å². The third-order valence-corrected chi connectivity index (χ3v) is 3.55. The average molecular weight is 285 g/mol. The Bertz CT molecular complexity index is 401. The van der Waals surface area contributed by atoms with E-state index in [1.54, 1.807) is 30.8 Å². The first kappa shape index (κ1) is 16.0. The van der Waals surface area contributed by atoms with Gasteiger partial charge in [-0.05, 0) is 25.5 Å². The number of amides is 1. The highest BCUT2D eigenvalue weighted by atomic mass is 32.2. The van der Waals surface area contributed by atoms with E-state index in [0.717, 1.165) is 5.75 Å². The van der Waals surface area contributed by atoms with Crippen LogP contribution in [0.4, 0.5) is 4.39 Å². The van der Waals surface area contributed by atoms with Gasteiger partial charge in [0.25, 0.3) is 0 Å². The third kappa shape index (κ3) is 6.07. The smallest absolute Gasteiger partial charge is 0.248 e. The Morgan fingerprint density at radius 3 is 2.89 bits per heavy atom. The Hall–Kier alpha value is -1.07. The van der Waals surface area contributed by atoms with Crippen LogP contribution >= 0.6 is 11.8 Å². The van der Waals surface area contributed by atoms with Crippen LogP contribution in [0.2, 0.25) is 0 Å². The average Bonchev–Trinajstić information content (AvgIpc) is 2.40. The van der Waals surface area contributed by atoms with Gasteiger partial charge in [0.1, 0.15) is 11.9 Å². The van der Waals surface area contributed by atoms with Gasteiger partial charge in [0.15, 0.2) is 0 Å². The number of carbonyl (C=O) groups excluding carboxylic acids is 1. The molecule has 0 unspecified atom stereocenters. The predicted molar refractivity (Wildman–Crippen MR) is 76.7 cm³/mol. The Morgan fingerprint density at radius 1 is 1.47 bits per heavy atom. The van der Waals surface area contributed by atoms with Crippen molar-refractivity contribution in [1.82, 2.24) is 5.32 Å². The minimum atomic E-state index is -0.415. The van der Waals surface area contributed by atoms with Gasteiger partial charge in [-0.2, -0.15) is 11.8 Å². The SMILES string of the molecule is CCO[C@@H](C)C(=O)NCCSCc1ccccc1F. The molecular formula is C14H20FNO2S. The molecule has 0 aliphatic carbocycles. The van der Waals surface area contributed by atoms with Gasteiger partial charge in [-0.3, -0.25) is 4.79 Å².